The average Bonchev–Trinajstić information content (AvgIpc) is 2.74. The average molecular weight is 276 g/mol. The second-order valence-corrected chi connectivity index (χ2v) is 6.32. The fourth-order valence-electron chi connectivity index (χ4n) is 2.34. The van der Waals surface area contributed by atoms with Gasteiger partial charge in [-0.3, -0.25) is 4.68 Å². The fourth-order valence-corrected chi connectivity index (χ4v) is 2.34. The molecule has 4 nitrogen and oxygen atoms in total. The smallest absolute Gasteiger partial charge is 0.399 e. The molecule has 1 fully saturated rings. The Labute approximate surface area is 118 Å². The zero-order valence-electron chi connectivity index (χ0n) is 12.4. The number of fused-ring (bicyclic) bond motifs is 1. The summed E-state index contributed by atoms with van der Waals surface area (Å²) in [5.74, 6) is -0.352. The molecule has 1 aliphatic rings. The Morgan fingerprint density at radius 1 is 1.15 bits per heavy atom. The Hall–Kier alpha value is -1.40. The van der Waals surface area contributed by atoms with E-state index in [1.54, 1.807) is 10.7 Å². The van der Waals surface area contributed by atoms with Crippen LogP contribution in [-0.2, 0) is 16.4 Å². The van der Waals surface area contributed by atoms with Gasteiger partial charge in [-0.2, -0.15) is 5.10 Å². The summed E-state index contributed by atoms with van der Waals surface area (Å²) in [6, 6.07) is 3.18. The van der Waals surface area contributed by atoms with Gasteiger partial charge >= 0.3 is 7.12 Å². The van der Waals surface area contributed by atoms with Crippen LogP contribution >= 0.6 is 0 Å². The number of hydrogen-bond acceptors (Lipinski definition) is 3. The number of aryl methyl sites for hydroxylation is 1. The molecule has 6 heteroatoms. The number of rotatable bonds is 1. The van der Waals surface area contributed by atoms with E-state index in [2.05, 4.69) is 5.10 Å². The highest BCUT2D eigenvalue weighted by molar-refractivity contribution is 6.62. The second kappa shape index (κ2) is 4.05. The summed E-state index contributed by atoms with van der Waals surface area (Å²) in [5.41, 5.74) is 0.0940. The van der Waals surface area contributed by atoms with Gasteiger partial charge in [0, 0.05) is 30.2 Å². The summed E-state index contributed by atoms with van der Waals surface area (Å²) in [4.78, 5) is 0. The van der Waals surface area contributed by atoms with Crippen LogP contribution in [0.4, 0.5) is 4.39 Å². The molecule has 1 saturated heterocycles. The van der Waals surface area contributed by atoms with E-state index in [1.165, 1.54) is 6.07 Å². The molecule has 2 aromatic rings. The van der Waals surface area contributed by atoms with E-state index >= 15 is 0 Å². The maximum Gasteiger partial charge on any atom is 0.497 e. The Morgan fingerprint density at radius 3 is 2.35 bits per heavy atom. The molecule has 2 heterocycles. The van der Waals surface area contributed by atoms with Crippen molar-refractivity contribution in [3.8, 4) is 0 Å². The summed E-state index contributed by atoms with van der Waals surface area (Å²) in [5, 5.41) is 5.07. The topological polar surface area (TPSA) is 36.3 Å². The predicted octanol–water partition coefficient (Wildman–Crippen LogP) is 2.01. The van der Waals surface area contributed by atoms with Crippen LogP contribution in [0, 0.1) is 5.82 Å². The Balaban J connectivity index is 2.05. The first-order valence-electron chi connectivity index (χ1n) is 6.68. The number of halogens is 1. The third-order valence-electron chi connectivity index (χ3n) is 4.24. The molecule has 1 aliphatic heterocycles. The SMILES string of the molecule is Cn1cc2cc(B3OC(C)(C)C(C)(C)O3)c(F)cc2n1. The Morgan fingerprint density at radius 2 is 1.75 bits per heavy atom. The van der Waals surface area contributed by atoms with Crippen molar-refractivity contribution < 1.29 is 13.7 Å². The van der Waals surface area contributed by atoms with Gasteiger partial charge in [0.25, 0.3) is 0 Å². The van der Waals surface area contributed by atoms with Gasteiger partial charge < -0.3 is 9.31 Å². The lowest BCUT2D eigenvalue weighted by Crippen LogP contribution is -2.41. The van der Waals surface area contributed by atoms with Gasteiger partial charge in [0.1, 0.15) is 5.82 Å². The van der Waals surface area contributed by atoms with Crippen LogP contribution < -0.4 is 5.46 Å². The molecule has 0 saturated carbocycles. The lowest BCUT2D eigenvalue weighted by molar-refractivity contribution is 0.00578. The van der Waals surface area contributed by atoms with Crippen LogP contribution in [0.5, 0.6) is 0 Å². The number of aromatic nitrogens is 2. The summed E-state index contributed by atoms with van der Waals surface area (Å²) in [7, 11) is 1.12. The van der Waals surface area contributed by atoms with Crippen molar-refractivity contribution in [2.45, 2.75) is 38.9 Å². The van der Waals surface area contributed by atoms with Crippen molar-refractivity contribution in [3.63, 3.8) is 0 Å². The molecule has 0 unspecified atom stereocenters. The Kier molecular flexibility index (Phi) is 2.75. The zero-order chi connectivity index (χ0) is 14.7. The molecule has 106 valence electrons. The van der Waals surface area contributed by atoms with Crippen LogP contribution in [-0.4, -0.2) is 28.1 Å². The highest BCUT2D eigenvalue weighted by Crippen LogP contribution is 2.36. The highest BCUT2D eigenvalue weighted by Gasteiger charge is 2.52. The minimum Gasteiger partial charge on any atom is -0.399 e. The van der Waals surface area contributed by atoms with Crippen molar-refractivity contribution in [1.82, 2.24) is 9.78 Å². The summed E-state index contributed by atoms with van der Waals surface area (Å²) < 4.78 is 27.7. The molecule has 0 aliphatic carbocycles. The second-order valence-electron chi connectivity index (χ2n) is 6.32. The van der Waals surface area contributed by atoms with Crippen molar-refractivity contribution >= 4 is 23.5 Å². The first-order valence-corrected chi connectivity index (χ1v) is 6.68. The van der Waals surface area contributed by atoms with Crippen LogP contribution in [0.15, 0.2) is 18.3 Å². The van der Waals surface area contributed by atoms with Crippen molar-refractivity contribution in [3.05, 3.63) is 24.1 Å². The minimum atomic E-state index is -0.690. The molecular formula is C14H18BFN2O2. The number of nitrogens with zero attached hydrogens (tertiary/aromatic N) is 2. The molecular weight excluding hydrogens is 258 g/mol. The van der Waals surface area contributed by atoms with Gasteiger partial charge in [-0.1, -0.05) is 0 Å². The molecule has 0 radical (unpaired) electrons. The van der Waals surface area contributed by atoms with Gasteiger partial charge in [-0.25, -0.2) is 4.39 Å². The molecule has 20 heavy (non-hydrogen) atoms. The van der Waals surface area contributed by atoms with Crippen molar-refractivity contribution in [2.24, 2.45) is 7.05 Å². The molecule has 3 rings (SSSR count). The molecule has 0 N–H and O–H groups in total. The van der Waals surface area contributed by atoms with E-state index in [0.717, 1.165) is 5.39 Å². The zero-order valence-corrected chi connectivity index (χ0v) is 12.4. The van der Waals surface area contributed by atoms with Gasteiger partial charge in [-0.15, -0.1) is 0 Å². The largest absolute Gasteiger partial charge is 0.497 e. The lowest BCUT2D eigenvalue weighted by Gasteiger charge is -2.32. The van der Waals surface area contributed by atoms with Gasteiger partial charge in [0.15, 0.2) is 0 Å². The number of hydrogen-bond donors (Lipinski definition) is 0. The van der Waals surface area contributed by atoms with Crippen LogP contribution in [0.25, 0.3) is 10.9 Å². The Bertz CT molecular complexity index is 665. The van der Waals surface area contributed by atoms with E-state index in [4.69, 9.17) is 9.31 Å². The molecule has 0 atom stereocenters. The fraction of sp³-hybridized carbons (Fsp3) is 0.500. The summed E-state index contributed by atoms with van der Waals surface area (Å²) in [6.07, 6.45) is 1.85. The maximum absolute atomic E-state index is 14.3. The van der Waals surface area contributed by atoms with E-state index in [0.29, 0.717) is 11.0 Å². The third-order valence-corrected chi connectivity index (χ3v) is 4.24. The van der Waals surface area contributed by atoms with Crippen molar-refractivity contribution in [1.29, 1.82) is 0 Å². The van der Waals surface area contributed by atoms with Gasteiger partial charge in [0.2, 0.25) is 0 Å². The number of benzene rings is 1. The third kappa shape index (κ3) is 1.94. The van der Waals surface area contributed by atoms with Crippen molar-refractivity contribution in [2.75, 3.05) is 0 Å². The molecule has 1 aromatic heterocycles. The van der Waals surface area contributed by atoms with E-state index < -0.39 is 18.3 Å². The van der Waals surface area contributed by atoms with Crippen LogP contribution in [0.2, 0.25) is 0 Å². The van der Waals surface area contributed by atoms with E-state index in [1.807, 2.05) is 40.9 Å². The highest BCUT2D eigenvalue weighted by atomic mass is 19.1. The quantitative estimate of drug-likeness (QED) is 0.747. The van der Waals surface area contributed by atoms with E-state index in [9.17, 15) is 4.39 Å². The standard InChI is InChI=1S/C14H18BFN2O2/c1-13(2)14(3,4)20-15(19-13)10-6-9-8-18(5)17-12(9)7-11(10)16/h6-8H,1-5H3. The minimum absolute atomic E-state index is 0.352. The molecule has 0 bridgehead atoms. The first-order chi connectivity index (χ1) is 9.19. The molecule has 1 aromatic carbocycles. The van der Waals surface area contributed by atoms with Gasteiger partial charge in [0.05, 0.1) is 16.7 Å². The normalized spacial score (nSPS) is 20.8. The predicted molar refractivity (Wildman–Crippen MR) is 76.4 cm³/mol. The monoisotopic (exact) mass is 276 g/mol. The summed E-state index contributed by atoms with van der Waals surface area (Å²) in [6.45, 7) is 7.81. The van der Waals surface area contributed by atoms with Crippen LogP contribution in [0.1, 0.15) is 27.7 Å². The lowest BCUT2D eigenvalue weighted by atomic mass is 9.78. The molecule has 0 spiro atoms. The van der Waals surface area contributed by atoms with Gasteiger partial charge in [-0.05, 0) is 33.8 Å². The molecule has 0 amide bonds. The first kappa shape index (κ1) is 13.6. The summed E-state index contributed by atoms with van der Waals surface area (Å²) >= 11 is 0. The van der Waals surface area contributed by atoms with E-state index in [-0.39, 0.29) is 5.82 Å². The van der Waals surface area contributed by atoms with Crippen LogP contribution in [0.3, 0.4) is 0 Å². The maximum atomic E-state index is 14.3.